The van der Waals surface area contributed by atoms with E-state index in [1.807, 2.05) is 0 Å². The number of hydrogen-bond acceptors (Lipinski definition) is 6. The first-order valence-electron chi connectivity index (χ1n) is 6.49. The van der Waals surface area contributed by atoms with Crippen LogP contribution in [-0.4, -0.2) is 40.7 Å². The number of benzene rings is 1. The predicted molar refractivity (Wildman–Crippen MR) is 75.4 cm³/mol. The highest BCUT2D eigenvalue weighted by atomic mass is 16.6. The number of nitro groups is 1. The second-order valence-electron chi connectivity index (χ2n) is 5.14. The molecule has 1 heterocycles. The van der Waals surface area contributed by atoms with Crippen LogP contribution in [-0.2, 0) is 9.53 Å². The number of anilines is 1. The second kappa shape index (κ2) is 5.98. The molecule has 2 rings (SSSR count). The molecule has 0 saturated carbocycles. The van der Waals surface area contributed by atoms with E-state index in [9.17, 15) is 19.7 Å². The van der Waals surface area contributed by atoms with E-state index in [4.69, 9.17) is 15.6 Å². The van der Waals surface area contributed by atoms with Crippen molar-refractivity contribution in [1.29, 1.82) is 0 Å². The third kappa shape index (κ3) is 3.31. The van der Waals surface area contributed by atoms with Crippen LogP contribution in [0, 0.1) is 10.1 Å². The van der Waals surface area contributed by atoms with Gasteiger partial charge in [-0.15, -0.1) is 0 Å². The minimum absolute atomic E-state index is 0.0394. The fourth-order valence-corrected chi connectivity index (χ4v) is 2.33. The number of carbonyl (C=O) groups excluding carboxylic acids is 1. The molecule has 1 aromatic carbocycles. The largest absolute Gasteiger partial charge is 0.481 e. The lowest BCUT2D eigenvalue weighted by Gasteiger charge is -2.27. The van der Waals surface area contributed by atoms with Crippen molar-refractivity contribution in [3.05, 3.63) is 33.9 Å². The highest BCUT2D eigenvalue weighted by molar-refractivity contribution is 5.96. The van der Waals surface area contributed by atoms with Crippen LogP contribution in [0.2, 0.25) is 0 Å². The third-order valence-corrected chi connectivity index (χ3v) is 3.46. The topological polar surface area (TPSA) is 145 Å². The fraction of sp³-hybridized carbons (Fsp3) is 0.385. The number of rotatable bonds is 5. The lowest BCUT2D eigenvalue weighted by molar-refractivity contribution is -0.383. The Morgan fingerprint density at radius 3 is 2.77 bits per heavy atom. The van der Waals surface area contributed by atoms with Crippen LogP contribution in [0.5, 0.6) is 0 Å². The van der Waals surface area contributed by atoms with Crippen LogP contribution in [0.4, 0.5) is 11.4 Å². The molecule has 1 amide bonds. The predicted octanol–water partition coefficient (Wildman–Crippen LogP) is 0.541. The quantitative estimate of drug-likeness (QED) is 0.409. The molecule has 4 N–H and O–H groups in total. The van der Waals surface area contributed by atoms with Gasteiger partial charge in [0.25, 0.3) is 11.6 Å². The lowest BCUT2D eigenvalue weighted by atomic mass is 9.93. The molecule has 9 heteroatoms. The monoisotopic (exact) mass is 309 g/mol. The van der Waals surface area contributed by atoms with Crippen LogP contribution < -0.4 is 11.1 Å². The van der Waals surface area contributed by atoms with Crippen LogP contribution in [0.25, 0.3) is 0 Å². The Hall–Kier alpha value is -2.68. The number of aliphatic carboxylic acids is 1. The summed E-state index contributed by atoms with van der Waals surface area (Å²) in [5.74, 6) is -1.66. The standard InChI is InChI=1S/C13H15N3O6/c14-9-2-1-8(5-10(9)16(20)21)12(19)15-13(6-11(17)18)3-4-22-7-13/h1-2,5H,3-4,6-7,14H2,(H,15,19)(H,17,18). The second-order valence-corrected chi connectivity index (χ2v) is 5.14. The number of nitrogen functional groups attached to an aromatic ring is 1. The number of nitrogens with one attached hydrogen (secondary N) is 1. The summed E-state index contributed by atoms with van der Waals surface area (Å²) in [4.78, 5) is 33.4. The van der Waals surface area contributed by atoms with Gasteiger partial charge in [-0.05, 0) is 18.6 Å². The average Bonchev–Trinajstić information content (AvgIpc) is 2.85. The van der Waals surface area contributed by atoms with Crippen molar-refractivity contribution in [3.63, 3.8) is 0 Å². The van der Waals surface area contributed by atoms with Gasteiger partial charge in [0.2, 0.25) is 0 Å². The number of ether oxygens (including phenoxy) is 1. The first kappa shape index (κ1) is 15.7. The van der Waals surface area contributed by atoms with E-state index in [0.717, 1.165) is 6.07 Å². The molecule has 0 aliphatic carbocycles. The molecule has 22 heavy (non-hydrogen) atoms. The van der Waals surface area contributed by atoms with E-state index in [-0.39, 0.29) is 30.0 Å². The Kier molecular flexibility index (Phi) is 4.27. The van der Waals surface area contributed by atoms with Crippen LogP contribution in [0.1, 0.15) is 23.2 Å². The van der Waals surface area contributed by atoms with E-state index < -0.39 is 22.3 Å². The molecule has 0 spiro atoms. The summed E-state index contributed by atoms with van der Waals surface area (Å²) in [6.45, 7) is 0.428. The molecule has 0 aromatic heterocycles. The van der Waals surface area contributed by atoms with Gasteiger partial charge in [0, 0.05) is 18.2 Å². The van der Waals surface area contributed by atoms with Crippen molar-refractivity contribution in [3.8, 4) is 0 Å². The minimum atomic E-state index is -1.06. The van der Waals surface area contributed by atoms with E-state index in [0.29, 0.717) is 13.0 Å². The first-order chi connectivity index (χ1) is 10.3. The molecule has 1 aliphatic heterocycles. The Morgan fingerprint density at radius 1 is 1.50 bits per heavy atom. The van der Waals surface area contributed by atoms with E-state index >= 15 is 0 Å². The van der Waals surface area contributed by atoms with Crippen LogP contribution in [0.3, 0.4) is 0 Å². The highest BCUT2D eigenvalue weighted by Gasteiger charge is 2.39. The van der Waals surface area contributed by atoms with Crippen molar-refractivity contribution in [2.45, 2.75) is 18.4 Å². The molecule has 118 valence electrons. The van der Waals surface area contributed by atoms with Gasteiger partial charge in [-0.3, -0.25) is 19.7 Å². The van der Waals surface area contributed by atoms with Crippen molar-refractivity contribution >= 4 is 23.3 Å². The maximum absolute atomic E-state index is 12.3. The number of carboxylic acid groups (broad SMARTS) is 1. The summed E-state index contributed by atoms with van der Waals surface area (Å²) in [7, 11) is 0. The molecule has 1 fully saturated rings. The number of nitro benzene ring substituents is 1. The van der Waals surface area contributed by atoms with Crippen LogP contribution >= 0.6 is 0 Å². The molecular formula is C13H15N3O6. The summed E-state index contributed by atoms with van der Waals surface area (Å²) in [6.07, 6.45) is 0.0813. The van der Waals surface area contributed by atoms with E-state index in [1.165, 1.54) is 12.1 Å². The lowest BCUT2D eigenvalue weighted by Crippen LogP contribution is -2.50. The maximum atomic E-state index is 12.3. The zero-order valence-corrected chi connectivity index (χ0v) is 11.6. The summed E-state index contributed by atoms with van der Waals surface area (Å²) < 4.78 is 5.17. The Balaban J connectivity index is 2.22. The smallest absolute Gasteiger partial charge is 0.305 e. The number of amides is 1. The van der Waals surface area contributed by atoms with Gasteiger partial charge in [-0.1, -0.05) is 0 Å². The molecule has 9 nitrogen and oxygen atoms in total. The molecular weight excluding hydrogens is 294 g/mol. The molecule has 1 aliphatic rings. The zero-order valence-electron chi connectivity index (χ0n) is 11.6. The average molecular weight is 309 g/mol. The summed E-state index contributed by atoms with van der Waals surface area (Å²) in [5.41, 5.74) is 4.09. The fourth-order valence-electron chi connectivity index (χ4n) is 2.33. The number of nitrogens with two attached hydrogens (primary N) is 1. The molecule has 0 radical (unpaired) electrons. The van der Waals surface area contributed by atoms with Crippen molar-refractivity contribution < 1.29 is 24.4 Å². The van der Waals surface area contributed by atoms with E-state index in [1.54, 1.807) is 0 Å². The van der Waals surface area contributed by atoms with Gasteiger partial charge in [0.1, 0.15) is 5.69 Å². The van der Waals surface area contributed by atoms with Gasteiger partial charge < -0.3 is 20.9 Å². The molecule has 1 saturated heterocycles. The summed E-state index contributed by atoms with van der Waals surface area (Å²) in [6, 6.07) is 3.68. The van der Waals surface area contributed by atoms with Crippen molar-refractivity contribution in [1.82, 2.24) is 5.32 Å². The molecule has 0 bridgehead atoms. The Labute approximate surface area is 125 Å². The van der Waals surface area contributed by atoms with Gasteiger partial charge in [0.05, 0.1) is 23.5 Å². The van der Waals surface area contributed by atoms with Crippen molar-refractivity contribution in [2.24, 2.45) is 0 Å². The highest BCUT2D eigenvalue weighted by Crippen LogP contribution is 2.25. The summed E-state index contributed by atoms with van der Waals surface area (Å²) >= 11 is 0. The summed E-state index contributed by atoms with van der Waals surface area (Å²) in [5, 5.41) is 22.4. The first-order valence-corrected chi connectivity index (χ1v) is 6.49. The molecule has 1 unspecified atom stereocenters. The van der Waals surface area contributed by atoms with Gasteiger partial charge >= 0.3 is 5.97 Å². The zero-order chi connectivity index (χ0) is 16.3. The number of carboxylic acids is 1. The van der Waals surface area contributed by atoms with Gasteiger partial charge in [0.15, 0.2) is 0 Å². The van der Waals surface area contributed by atoms with Crippen molar-refractivity contribution in [2.75, 3.05) is 18.9 Å². The normalized spacial score (nSPS) is 20.5. The minimum Gasteiger partial charge on any atom is -0.481 e. The number of nitrogens with zero attached hydrogens (tertiary/aromatic N) is 1. The Morgan fingerprint density at radius 2 is 2.23 bits per heavy atom. The van der Waals surface area contributed by atoms with Crippen LogP contribution in [0.15, 0.2) is 18.2 Å². The van der Waals surface area contributed by atoms with Gasteiger partial charge in [-0.25, -0.2) is 0 Å². The number of hydrogen-bond donors (Lipinski definition) is 3. The molecule has 1 atom stereocenters. The van der Waals surface area contributed by atoms with E-state index in [2.05, 4.69) is 5.32 Å². The third-order valence-electron chi connectivity index (χ3n) is 3.46. The van der Waals surface area contributed by atoms with Gasteiger partial charge in [-0.2, -0.15) is 0 Å². The SMILES string of the molecule is Nc1ccc(C(=O)NC2(CC(=O)O)CCOC2)cc1[N+](=O)[O-]. The maximum Gasteiger partial charge on any atom is 0.305 e. The molecule has 1 aromatic rings. The number of carbonyl (C=O) groups is 2. The Bertz CT molecular complexity index is 624.